The molecule has 0 spiro atoms. The van der Waals surface area contributed by atoms with E-state index in [0.29, 0.717) is 13.2 Å². The van der Waals surface area contributed by atoms with Crippen molar-refractivity contribution >= 4 is 11.6 Å². The first kappa shape index (κ1) is 12.9. The Kier molecular flexibility index (Phi) is 4.22. The van der Waals surface area contributed by atoms with Crippen LogP contribution in [0.4, 0.5) is 14.5 Å². The molecule has 0 saturated carbocycles. The van der Waals surface area contributed by atoms with Crippen molar-refractivity contribution in [1.29, 1.82) is 0 Å². The summed E-state index contributed by atoms with van der Waals surface area (Å²) < 4.78 is 31.0. The Balaban J connectivity index is 1.88. The maximum absolute atomic E-state index is 12.9. The standard InChI is InChI=1S/C12H14F2N2O2/c13-10-2-1-8(5-11(10)14)16-12(17)6-9-7-15-3-4-18-9/h1-2,5,9,15H,3-4,6-7H2,(H,16,17). The molecular formula is C12H14F2N2O2. The third-order valence-corrected chi connectivity index (χ3v) is 2.62. The van der Waals surface area contributed by atoms with Crippen molar-refractivity contribution in [3.8, 4) is 0 Å². The second-order valence-corrected chi connectivity index (χ2v) is 4.08. The van der Waals surface area contributed by atoms with Gasteiger partial charge in [-0.1, -0.05) is 0 Å². The molecule has 6 heteroatoms. The van der Waals surface area contributed by atoms with Crippen LogP contribution in [0.2, 0.25) is 0 Å². The predicted octanol–water partition coefficient (Wildman–Crippen LogP) is 1.28. The number of halogens is 2. The summed E-state index contributed by atoms with van der Waals surface area (Å²) in [6, 6.07) is 3.24. The minimum atomic E-state index is -0.983. The molecule has 1 aromatic rings. The topological polar surface area (TPSA) is 50.4 Å². The molecule has 0 radical (unpaired) electrons. The lowest BCUT2D eigenvalue weighted by Crippen LogP contribution is -2.40. The van der Waals surface area contributed by atoms with E-state index in [0.717, 1.165) is 18.7 Å². The third kappa shape index (κ3) is 3.48. The van der Waals surface area contributed by atoms with Crippen LogP contribution in [0.5, 0.6) is 0 Å². The first-order valence-electron chi connectivity index (χ1n) is 5.72. The molecule has 1 fully saturated rings. The van der Waals surface area contributed by atoms with E-state index in [9.17, 15) is 13.6 Å². The molecule has 2 rings (SSSR count). The van der Waals surface area contributed by atoms with Crippen molar-refractivity contribution < 1.29 is 18.3 Å². The number of amides is 1. The van der Waals surface area contributed by atoms with Gasteiger partial charge in [0, 0.05) is 24.8 Å². The van der Waals surface area contributed by atoms with Gasteiger partial charge < -0.3 is 15.4 Å². The monoisotopic (exact) mass is 256 g/mol. The first-order chi connectivity index (χ1) is 8.65. The van der Waals surface area contributed by atoms with Crippen LogP contribution in [-0.2, 0) is 9.53 Å². The fraction of sp³-hybridized carbons (Fsp3) is 0.417. The molecule has 18 heavy (non-hydrogen) atoms. The Morgan fingerprint density at radius 1 is 1.44 bits per heavy atom. The lowest BCUT2D eigenvalue weighted by atomic mass is 10.2. The van der Waals surface area contributed by atoms with E-state index in [1.165, 1.54) is 6.07 Å². The molecule has 1 unspecified atom stereocenters. The van der Waals surface area contributed by atoms with E-state index in [2.05, 4.69) is 10.6 Å². The molecule has 2 N–H and O–H groups in total. The van der Waals surface area contributed by atoms with Gasteiger partial charge in [0.2, 0.25) is 5.91 Å². The number of anilines is 1. The summed E-state index contributed by atoms with van der Waals surface area (Å²) in [7, 11) is 0. The predicted molar refractivity (Wildman–Crippen MR) is 62.2 cm³/mol. The molecule has 1 aromatic carbocycles. The highest BCUT2D eigenvalue weighted by Crippen LogP contribution is 2.14. The summed E-state index contributed by atoms with van der Waals surface area (Å²) >= 11 is 0. The zero-order valence-corrected chi connectivity index (χ0v) is 9.71. The van der Waals surface area contributed by atoms with Gasteiger partial charge in [-0.15, -0.1) is 0 Å². The number of rotatable bonds is 3. The minimum absolute atomic E-state index is 0.177. The molecular weight excluding hydrogens is 242 g/mol. The molecule has 1 aliphatic heterocycles. The number of nitrogens with one attached hydrogen (secondary N) is 2. The van der Waals surface area contributed by atoms with Crippen molar-refractivity contribution in [2.24, 2.45) is 0 Å². The highest BCUT2D eigenvalue weighted by atomic mass is 19.2. The van der Waals surface area contributed by atoms with Crippen molar-refractivity contribution in [3.05, 3.63) is 29.8 Å². The number of hydrogen-bond acceptors (Lipinski definition) is 3. The minimum Gasteiger partial charge on any atom is -0.375 e. The second-order valence-electron chi connectivity index (χ2n) is 4.08. The highest BCUT2D eigenvalue weighted by Gasteiger charge is 2.17. The molecule has 1 aliphatic rings. The first-order valence-corrected chi connectivity index (χ1v) is 5.72. The van der Waals surface area contributed by atoms with E-state index in [-0.39, 0.29) is 24.1 Å². The molecule has 4 nitrogen and oxygen atoms in total. The van der Waals surface area contributed by atoms with Gasteiger partial charge in [-0.25, -0.2) is 8.78 Å². The Hall–Kier alpha value is -1.53. The van der Waals surface area contributed by atoms with Crippen LogP contribution in [0.3, 0.4) is 0 Å². The molecule has 1 heterocycles. The SMILES string of the molecule is O=C(CC1CNCCO1)Nc1ccc(F)c(F)c1. The lowest BCUT2D eigenvalue weighted by molar-refractivity contribution is -0.119. The summed E-state index contributed by atoms with van der Waals surface area (Å²) in [4.78, 5) is 11.6. The Labute approximate surface area is 103 Å². The highest BCUT2D eigenvalue weighted by molar-refractivity contribution is 5.91. The Morgan fingerprint density at radius 3 is 2.94 bits per heavy atom. The third-order valence-electron chi connectivity index (χ3n) is 2.62. The smallest absolute Gasteiger partial charge is 0.227 e. The summed E-state index contributed by atoms with van der Waals surface area (Å²) in [5.41, 5.74) is 0.239. The summed E-state index contributed by atoms with van der Waals surface area (Å²) in [5.74, 6) is -2.20. The van der Waals surface area contributed by atoms with E-state index in [1.54, 1.807) is 0 Å². The van der Waals surface area contributed by atoms with E-state index >= 15 is 0 Å². The van der Waals surface area contributed by atoms with Crippen molar-refractivity contribution in [1.82, 2.24) is 5.32 Å². The number of carbonyl (C=O) groups is 1. The summed E-state index contributed by atoms with van der Waals surface area (Å²) in [5, 5.41) is 5.61. The van der Waals surface area contributed by atoms with Crippen LogP contribution >= 0.6 is 0 Å². The van der Waals surface area contributed by atoms with Gasteiger partial charge in [-0.3, -0.25) is 4.79 Å². The normalized spacial score (nSPS) is 19.6. The van der Waals surface area contributed by atoms with E-state index in [4.69, 9.17) is 4.74 Å². The van der Waals surface area contributed by atoms with E-state index in [1.807, 2.05) is 0 Å². The molecule has 1 atom stereocenters. The maximum Gasteiger partial charge on any atom is 0.227 e. The number of morpholine rings is 1. The average Bonchev–Trinajstić information content (AvgIpc) is 2.35. The fourth-order valence-electron chi connectivity index (χ4n) is 1.74. The van der Waals surface area contributed by atoms with Crippen LogP contribution in [0.25, 0.3) is 0 Å². The molecule has 98 valence electrons. The summed E-state index contributed by atoms with van der Waals surface area (Å²) in [6.45, 7) is 1.97. The maximum atomic E-state index is 12.9. The molecule has 0 aromatic heterocycles. The van der Waals surface area contributed by atoms with Gasteiger partial charge in [0.05, 0.1) is 19.1 Å². The van der Waals surface area contributed by atoms with Gasteiger partial charge in [0.25, 0.3) is 0 Å². The zero-order chi connectivity index (χ0) is 13.0. The molecule has 1 saturated heterocycles. The van der Waals surface area contributed by atoms with Crippen LogP contribution in [0.1, 0.15) is 6.42 Å². The van der Waals surface area contributed by atoms with Crippen molar-refractivity contribution in [2.75, 3.05) is 25.0 Å². The van der Waals surface area contributed by atoms with Crippen LogP contribution in [0, 0.1) is 11.6 Å². The van der Waals surface area contributed by atoms with Crippen molar-refractivity contribution in [2.45, 2.75) is 12.5 Å². The molecule has 1 amide bonds. The van der Waals surface area contributed by atoms with Gasteiger partial charge in [-0.2, -0.15) is 0 Å². The number of carbonyl (C=O) groups excluding carboxylic acids is 1. The summed E-state index contributed by atoms with van der Waals surface area (Å²) in [6.07, 6.45) is 0.00969. The number of benzene rings is 1. The van der Waals surface area contributed by atoms with Gasteiger partial charge in [0.1, 0.15) is 0 Å². The van der Waals surface area contributed by atoms with E-state index < -0.39 is 11.6 Å². The van der Waals surface area contributed by atoms with Crippen molar-refractivity contribution in [3.63, 3.8) is 0 Å². The Bertz CT molecular complexity index is 434. The van der Waals surface area contributed by atoms with Gasteiger partial charge in [0.15, 0.2) is 11.6 Å². The largest absolute Gasteiger partial charge is 0.375 e. The average molecular weight is 256 g/mol. The number of hydrogen-bond donors (Lipinski definition) is 2. The fourth-order valence-corrected chi connectivity index (χ4v) is 1.74. The Morgan fingerprint density at radius 2 is 2.28 bits per heavy atom. The van der Waals surface area contributed by atoms with Gasteiger partial charge in [-0.05, 0) is 12.1 Å². The van der Waals surface area contributed by atoms with Crippen LogP contribution in [0.15, 0.2) is 18.2 Å². The molecule has 0 bridgehead atoms. The van der Waals surface area contributed by atoms with Crippen LogP contribution in [-0.4, -0.2) is 31.7 Å². The van der Waals surface area contributed by atoms with Gasteiger partial charge >= 0.3 is 0 Å². The zero-order valence-electron chi connectivity index (χ0n) is 9.71. The van der Waals surface area contributed by atoms with Crippen LogP contribution < -0.4 is 10.6 Å². The second kappa shape index (κ2) is 5.88. The quantitative estimate of drug-likeness (QED) is 0.856. The number of ether oxygens (including phenoxy) is 1. The lowest BCUT2D eigenvalue weighted by Gasteiger charge is -2.23. The molecule has 0 aliphatic carbocycles.